The number of para-hydroxylation sites is 2. The molecule has 0 unspecified atom stereocenters. The molecule has 1 aliphatic rings. The van der Waals surface area contributed by atoms with E-state index in [0.717, 1.165) is 11.4 Å². The first kappa shape index (κ1) is 31.1. The van der Waals surface area contributed by atoms with Gasteiger partial charge in [-0.2, -0.15) is 0 Å². The Kier molecular flexibility index (Phi) is 7.19. The van der Waals surface area contributed by atoms with Gasteiger partial charge in [-0.25, -0.2) is 0 Å². The summed E-state index contributed by atoms with van der Waals surface area (Å²) in [5.74, 6) is 0. The van der Waals surface area contributed by atoms with Gasteiger partial charge in [-0.3, -0.25) is 0 Å². The van der Waals surface area contributed by atoms with Crippen LogP contribution in [0.25, 0.3) is 72.0 Å². The fourth-order valence-electron chi connectivity index (χ4n) is 8.50. The minimum Gasteiger partial charge on any atom is -0.355 e. The van der Waals surface area contributed by atoms with Crippen LogP contribution in [0.5, 0.6) is 0 Å². The molecule has 0 amide bonds. The monoisotopic (exact) mass is 678 g/mol. The zero-order chi connectivity index (χ0) is 35.5. The zero-order valence-corrected chi connectivity index (χ0v) is 29.8. The molecule has 10 rings (SSSR count). The van der Waals surface area contributed by atoms with Gasteiger partial charge >= 0.3 is 0 Å². The lowest BCUT2D eigenvalue weighted by molar-refractivity contribution is 0.660. The molecule has 0 aliphatic heterocycles. The van der Waals surface area contributed by atoms with Gasteiger partial charge in [0.1, 0.15) is 0 Å². The Hall–Kier alpha value is -6.64. The minimum atomic E-state index is -0.0395. The average molecular weight is 679 g/mol. The highest BCUT2D eigenvalue weighted by Crippen LogP contribution is 2.50. The molecule has 0 bridgehead atoms. The maximum absolute atomic E-state index is 3.80. The van der Waals surface area contributed by atoms with Gasteiger partial charge in [-0.1, -0.05) is 141 Å². The highest BCUT2D eigenvalue weighted by atomic mass is 15.0. The van der Waals surface area contributed by atoms with Gasteiger partial charge in [0.15, 0.2) is 0 Å². The number of hydrogen-bond donors (Lipinski definition) is 1. The second kappa shape index (κ2) is 12.3. The third kappa shape index (κ3) is 5.18. The van der Waals surface area contributed by atoms with Gasteiger partial charge in [0, 0.05) is 38.8 Å². The van der Waals surface area contributed by atoms with Crippen LogP contribution >= 0.6 is 0 Å². The smallest absolute Gasteiger partial charge is 0.0541 e. The molecule has 0 fully saturated rings. The predicted octanol–water partition coefficient (Wildman–Crippen LogP) is 13.8. The lowest BCUT2D eigenvalue weighted by Gasteiger charge is -2.21. The van der Waals surface area contributed by atoms with E-state index in [1.165, 1.54) is 83.1 Å². The van der Waals surface area contributed by atoms with Crippen molar-refractivity contribution in [3.63, 3.8) is 0 Å². The van der Waals surface area contributed by atoms with E-state index in [4.69, 9.17) is 0 Å². The maximum Gasteiger partial charge on any atom is 0.0541 e. The molecule has 9 aromatic rings. The zero-order valence-electron chi connectivity index (χ0n) is 29.8. The summed E-state index contributed by atoms with van der Waals surface area (Å²) in [6, 6.07) is 68.4. The van der Waals surface area contributed by atoms with Crippen molar-refractivity contribution in [2.75, 3.05) is 5.32 Å². The number of rotatable bonds is 6. The van der Waals surface area contributed by atoms with Gasteiger partial charge in [0.25, 0.3) is 0 Å². The molecule has 0 saturated heterocycles. The van der Waals surface area contributed by atoms with Crippen molar-refractivity contribution >= 4 is 33.2 Å². The van der Waals surface area contributed by atoms with Crippen LogP contribution in [0.2, 0.25) is 0 Å². The van der Waals surface area contributed by atoms with Crippen LogP contribution in [0.3, 0.4) is 0 Å². The van der Waals surface area contributed by atoms with Crippen molar-refractivity contribution in [2.45, 2.75) is 19.3 Å². The summed E-state index contributed by atoms with van der Waals surface area (Å²) in [6.45, 7) is 4.68. The van der Waals surface area contributed by atoms with Gasteiger partial charge < -0.3 is 9.88 Å². The van der Waals surface area contributed by atoms with Gasteiger partial charge in [-0.05, 0) is 111 Å². The van der Waals surface area contributed by atoms with E-state index in [1.807, 2.05) is 0 Å². The normalized spacial score (nSPS) is 12.9. The summed E-state index contributed by atoms with van der Waals surface area (Å²) in [4.78, 5) is 0. The molecular weight excluding hydrogens is 641 g/mol. The molecule has 2 heteroatoms. The second-order valence-electron chi connectivity index (χ2n) is 14.7. The fraction of sp³-hybridized carbons (Fsp3) is 0.0588. The van der Waals surface area contributed by atoms with Gasteiger partial charge in [0.05, 0.1) is 11.0 Å². The Bertz CT molecular complexity index is 2810. The van der Waals surface area contributed by atoms with Crippen LogP contribution in [0.15, 0.2) is 188 Å². The summed E-state index contributed by atoms with van der Waals surface area (Å²) < 4.78 is 2.37. The molecule has 1 heterocycles. The number of nitrogens with one attached hydrogen (secondary N) is 1. The molecule has 1 aliphatic carbocycles. The molecule has 0 spiro atoms. The molecule has 0 atom stereocenters. The highest BCUT2D eigenvalue weighted by Gasteiger charge is 2.35. The van der Waals surface area contributed by atoms with E-state index in [2.05, 4.69) is 212 Å². The summed E-state index contributed by atoms with van der Waals surface area (Å²) in [6.07, 6.45) is 0. The molecule has 1 aromatic heterocycles. The van der Waals surface area contributed by atoms with Crippen molar-refractivity contribution in [1.82, 2.24) is 4.57 Å². The van der Waals surface area contributed by atoms with E-state index >= 15 is 0 Å². The summed E-state index contributed by atoms with van der Waals surface area (Å²) in [5.41, 5.74) is 18.3. The Morgan fingerprint density at radius 3 is 1.81 bits per heavy atom. The van der Waals surface area contributed by atoms with Gasteiger partial charge in [0.2, 0.25) is 0 Å². The standard InChI is InChI=1S/C51H38N2/c1-51(2)46-19-11-9-17-41(46)44-33-38(23-28-47(44)51)43-31-36(24-29-48(43)52-39-26-21-35(22-27-39)34-13-5-3-6-14-34)37-25-30-50-45(32-37)42-18-10-12-20-49(42)53(50)40-15-7-4-8-16-40/h3-33,52H,1-2H3. The predicted molar refractivity (Wildman–Crippen MR) is 224 cm³/mol. The maximum atomic E-state index is 3.80. The quantitative estimate of drug-likeness (QED) is 0.185. The van der Waals surface area contributed by atoms with Crippen molar-refractivity contribution in [2.24, 2.45) is 0 Å². The molecular formula is C51H38N2. The molecule has 1 N–H and O–H groups in total. The first-order chi connectivity index (χ1) is 26.0. The first-order valence-electron chi connectivity index (χ1n) is 18.4. The van der Waals surface area contributed by atoms with Crippen LogP contribution in [0.1, 0.15) is 25.0 Å². The molecule has 2 nitrogen and oxygen atoms in total. The number of hydrogen-bond acceptors (Lipinski definition) is 1. The van der Waals surface area contributed by atoms with Crippen molar-refractivity contribution in [1.29, 1.82) is 0 Å². The number of anilines is 2. The van der Waals surface area contributed by atoms with Crippen molar-refractivity contribution in [3.05, 3.63) is 199 Å². The average Bonchev–Trinajstić information content (AvgIpc) is 3.67. The summed E-state index contributed by atoms with van der Waals surface area (Å²) >= 11 is 0. The molecule has 252 valence electrons. The first-order valence-corrected chi connectivity index (χ1v) is 18.4. The molecule has 53 heavy (non-hydrogen) atoms. The second-order valence-corrected chi connectivity index (χ2v) is 14.7. The largest absolute Gasteiger partial charge is 0.355 e. The van der Waals surface area contributed by atoms with E-state index in [9.17, 15) is 0 Å². The topological polar surface area (TPSA) is 17.0 Å². The van der Waals surface area contributed by atoms with Crippen LogP contribution in [-0.4, -0.2) is 4.57 Å². The van der Waals surface area contributed by atoms with Crippen LogP contribution < -0.4 is 5.32 Å². The Labute approximate surface area is 310 Å². The number of aromatic nitrogens is 1. The van der Waals surface area contributed by atoms with E-state index < -0.39 is 0 Å². The number of fused-ring (bicyclic) bond motifs is 6. The van der Waals surface area contributed by atoms with E-state index in [0.29, 0.717) is 0 Å². The lowest BCUT2D eigenvalue weighted by atomic mass is 9.82. The van der Waals surface area contributed by atoms with Crippen LogP contribution in [0, 0.1) is 0 Å². The van der Waals surface area contributed by atoms with E-state index in [-0.39, 0.29) is 5.41 Å². The number of benzene rings is 8. The molecule has 8 aromatic carbocycles. The fourth-order valence-corrected chi connectivity index (χ4v) is 8.50. The summed E-state index contributed by atoms with van der Waals surface area (Å²) in [7, 11) is 0. The van der Waals surface area contributed by atoms with Crippen LogP contribution in [-0.2, 0) is 5.41 Å². The Morgan fingerprint density at radius 1 is 0.396 bits per heavy atom. The highest BCUT2D eigenvalue weighted by molar-refractivity contribution is 6.10. The van der Waals surface area contributed by atoms with Crippen molar-refractivity contribution < 1.29 is 0 Å². The molecule has 0 saturated carbocycles. The van der Waals surface area contributed by atoms with E-state index in [1.54, 1.807) is 0 Å². The Morgan fingerprint density at radius 2 is 0.981 bits per heavy atom. The lowest BCUT2D eigenvalue weighted by Crippen LogP contribution is -2.14. The summed E-state index contributed by atoms with van der Waals surface area (Å²) in [5, 5.41) is 6.31. The SMILES string of the molecule is CC1(C)c2ccccc2-c2cc(-c3cc(-c4ccc5c(c4)c4ccccc4n5-c4ccccc4)ccc3Nc3ccc(-c4ccccc4)cc3)ccc21. The third-order valence-electron chi connectivity index (χ3n) is 11.2. The molecule has 0 radical (unpaired) electrons. The van der Waals surface area contributed by atoms with Crippen molar-refractivity contribution in [3.8, 4) is 50.2 Å². The van der Waals surface area contributed by atoms with Gasteiger partial charge in [-0.15, -0.1) is 0 Å². The van der Waals surface area contributed by atoms with Crippen LogP contribution in [0.4, 0.5) is 11.4 Å². The third-order valence-corrected chi connectivity index (χ3v) is 11.2. The minimum absolute atomic E-state index is 0.0395. The number of nitrogens with zero attached hydrogens (tertiary/aromatic N) is 1. The Balaban J connectivity index is 1.11.